The van der Waals surface area contributed by atoms with Crippen molar-refractivity contribution in [3.8, 4) is 0 Å². The van der Waals surface area contributed by atoms with Gasteiger partial charge in [-0.15, -0.1) is 0 Å². The lowest BCUT2D eigenvalue weighted by Crippen LogP contribution is -2.29. The van der Waals surface area contributed by atoms with Crippen LogP contribution in [0.1, 0.15) is 142 Å². The van der Waals surface area contributed by atoms with E-state index in [1.807, 2.05) is 0 Å². The van der Waals surface area contributed by atoms with Crippen LogP contribution >= 0.6 is 7.82 Å². The predicted octanol–water partition coefficient (Wildman–Crippen LogP) is 8.36. The third-order valence-corrected chi connectivity index (χ3v) is 8.09. The molecule has 10 heteroatoms. The van der Waals surface area contributed by atoms with E-state index in [-0.39, 0.29) is 19.6 Å². The van der Waals surface area contributed by atoms with Gasteiger partial charge >= 0.3 is 13.8 Å². The molecule has 0 fully saturated rings. The number of phosphoric acid groups is 1. The van der Waals surface area contributed by atoms with Crippen LogP contribution in [-0.4, -0.2) is 66.3 Å². The number of ether oxygens (including phenoxy) is 2. The number of esters is 1. The van der Waals surface area contributed by atoms with Gasteiger partial charge < -0.3 is 24.6 Å². The summed E-state index contributed by atoms with van der Waals surface area (Å²) >= 11 is 0. The highest BCUT2D eigenvalue weighted by Crippen LogP contribution is 2.43. The maximum Gasteiger partial charge on any atom is 0.472 e. The summed E-state index contributed by atoms with van der Waals surface area (Å²) in [6.07, 6.45) is 28.5. The zero-order valence-corrected chi connectivity index (χ0v) is 28.8. The number of hydrogen-bond donors (Lipinski definition) is 3. The van der Waals surface area contributed by atoms with Crippen LogP contribution in [0.25, 0.3) is 0 Å². The maximum atomic E-state index is 12.5. The van der Waals surface area contributed by atoms with E-state index in [2.05, 4.69) is 38.2 Å². The van der Waals surface area contributed by atoms with E-state index in [1.54, 1.807) is 0 Å². The van der Waals surface area contributed by atoms with Gasteiger partial charge in [0.25, 0.3) is 0 Å². The molecule has 0 spiro atoms. The number of rotatable bonds is 33. The normalized spacial score (nSPS) is 14.8. The van der Waals surface area contributed by atoms with Gasteiger partial charge in [0.2, 0.25) is 0 Å². The lowest BCUT2D eigenvalue weighted by Gasteiger charge is -2.20. The second-order valence-corrected chi connectivity index (χ2v) is 13.0. The molecule has 0 saturated carbocycles. The molecule has 9 nitrogen and oxygen atoms in total. The molecule has 0 amide bonds. The highest BCUT2D eigenvalue weighted by atomic mass is 31.2. The van der Waals surface area contributed by atoms with Gasteiger partial charge in [0.15, 0.2) is 0 Å². The Bertz CT molecular complexity index is 744. The summed E-state index contributed by atoms with van der Waals surface area (Å²) in [7, 11) is -4.50. The Hall–Kier alpha value is -1.06. The van der Waals surface area contributed by atoms with E-state index in [1.165, 1.54) is 57.8 Å². The van der Waals surface area contributed by atoms with E-state index in [9.17, 15) is 19.4 Å². The maximum absolute atomic E-state index is 12.5. The van der Waals surface area contributed by atoms with Gasteiger partial charge in [0, 0.05) is 13.0 Å². The van der Waals surface area contributed by atoms with Crippen LogP contribution in [0.4, 0.5) is 0 Å². The van der Waals surface area contributed by atoms with Gasteiger partial charge in [0.05, 0.1) is 26.4 Å². The number of aliphatic hydroxyl groups excluding tert-OH is 2. The van der Waals surface area contributed by atoms with Crippen LogP contribution in [0.3, 0.4) is 0 Å². The van der Waals surface area contributed by atoms with Crippen LogP contribution in [0.5, 0.6) is 0 Å². The molecule has 0 aliphatic heterocycles. The molecule has 3 N–H and O–H groups in total. The Morgan fingerprint density at radius 2 is 1.23 bits per heavy atom. The van der Waals surface area contributed by atoms with Gasteiger partial charge in [-0.2, -0.15) is 0 Å². The lowest BCUT2D eigenvalue weighted by atomic mass is 10.1. The topological polar surface area (TPSA) is 132 Å². The Kier molecular flexibility index (Phi) is 31.1. The largest absolute Gasteiger partial charge is 0.472 e. The van der Waals surface area contributed by atoms with E-state index >= 15 is 0 Å². The summed E-state index contributed by atoms with van der Waals surface area (Å²) in [5.74, 6) is -0.399. The van der Waals surface area contributed by atoms with E-state index < -0.39 is 39.2 Å². The predicted molar refractivity (Wildman–Crippen MR) is 177 cm³/mol. The monoisotopic (exact) mass is 648 g/mol. The molecular weight excluding hydrogens is 583 g/mol. The van der Waals surface area contributed by atoms with Gasteiger partial charge in [-0.05, 0) is 44.9 Å². The quantitative estimate of drug-likeness (QED) is 0.0278. The first-order chi connectivity index (χ1) is 21.3. The molecule has 3 unspecified atom stereocenters. The van der Waals surface area contributed by atoms with Crippen molar-refractivity contribution in [2.45, 2.75) is 154 Å². The fraction of sp³-hybridized carbons (Fsp3) is 0.853. The molecule has 0 aliphatic carbocycles. The molecule has 3 atom stereocenters. The molecule has 0 radical (unpaired) electrons. The molecule has 0 saturated heterocycles. The van der Waals surface area contributed by atoms with Gasteiger partial charge in [-0.1, -0.05) is 115 Å². The Morgan fingerprint density at radius 1 is 0.705 bits per heavy atom. The van der Waals surface area contributed by atoms with E-state index in [0.29, 0.717) is 13.0 Å². The lowest BCUT2D eigenvalue weighted by molar-refractivity contribution is -0.154. The third-order valence-electron chi connectivity index (χ3n) is 7.14. The van der Waals surface area contributed by atoms with Crippen molar-refractivity contribution in [2.24, 2.45) is 0 Å². The number of phosphoric ester groups is 1. The van der Waals surface area contributed by atoms with Crippen molar-refractivity contribution in [3.05, 3.63) is 24.3 Å². The standard InChI is InChI=1S/C34H65O9P/c1-3-5-7-9-11-13-14-15-16-17-18-19-20-22-24-26-34(37)43-33(31-42-44(38,39)41-29-32(36)28-35)30-40-27-25-23-21-12-10-8-6-4-2/h11,13,15-16,32-33,35-36H,3-10,12,14,17-31H2,1-2H3,(H,38,39)/b13-11-,16-15-. The van der Waals surface area contributed by atoms with Crippen molar-refractivity contribution in [1.29, 1.82) is 0 Å². The van der Waals surface area contributed by atoms with Gasteiger partial charge in [0.1, 0.15) is 12.2 Å². The highest BCUT2D eigenvalue weighted by Gasteiger charge is 2.26. The minimum Gasteiger partial charge on any atom is -0.457 e. The molecule has 0 aromatic rings. The minimum atomic E-state index is -4.50. The Balaban J connectivity index is 4.27. The van der Waals surface area contributed by atoms with Crippen molar-refractivity contribution in [2.75, 3.05) is 33.0 Å². The number of carbonyl (C=O) groups is 1. The molecule has 0 aromatic carbocycles. The smallest absolute Gasteiger partial charge is 0.457 e. The third kappa shape index (κ3) is 30.9. The molecule has 0 heterocycles. The van der Waals surface area contributed by atoms with E-state index in [4.69, 9.17) is 23.6 Å². The SMILES string of the molecule is CCCCC/C=C\C/C=C\CCCCCCCC(=O)OC(COCCCCCCCCCC)COP(=O)(O)OCC(O)CO. The second-order valence-electron chi connectivity index (χ2n) is 11.5. The summed E-state index contributed by atoms with van der Waals surface area (Å²) in [5, 5.41) is 18.2. The summed E-state index contributed by atoms with van der Waals surface area (Å²) in [4.78, 5) is 22.3. The first-order valence-electron chi connectivity index (χ1n) is 17.3. The van der Waals surface area contributed by atoms with Crippen molar-refractivity contribution < 1.29 is 43.0 Å². The number of aliphatic hydroxyl groups is 2. The molecule has 0 rings (SSSR count). The zero-order chi connectivity index (χ0) is 32.6. The summed E-state index contributed by atoms with van der Waals surface area (Å²) in [6, 6.07) is 0. The number of carbonyl (C=O) groups excluding carboxylic acids is 1. The molecule has 0 aliphatic rings. The first-order valence-corrected chi connectivity index (χ1v) is 18.8. The first kappa shape index (κ1) is 42.9. The molecule has 0 bridgehead atoms. The molecule has 0 aromatic heterocycles. The molecule has 44 heavy (non-hydrogen) atoms. The summed E-state index contributed by atoms with van der Waals surface area (Å²) in [5.41, 5.74) is 0. The molecule has 260 valence electrons. The van der Waals surface area contributed by atoms with Crippen LogP contribution in [0, 0.1) is 0 Å². The highest BCUT2D eigenvalue weighted by molar-refractivity contribution is 7.47. The number of unbranched alkanes of at least 4 members (excludes halogenated alkanes) is 15. The average Bonchev–Trinajstić information content (AvgIpc) is 3.01. The summed E-state index contributed by atoms with van der Waals surface area (Å²) in [6.45, 7) is 3.43. The zero-order valence-electron chi connectivity index (χ0n) is 27.9. The van der Waals surface area contributed by atoms with E-state index in [0.717, 1.165) is 57.8 Å². The minimum absolute atomic E-state index is 0.0453. The molecular formula is C34H65O9P. The fourth-order valence-electron chi connectivity index (χ4n) is 4.44. The van der Waals surface area contributed by atoms with Gasteiger partial charge in [-0.25, -0.2) is 4.57 Å². The Morgan fingerprint density at radius 3 is 1.86 bits per heavy atom. The summed E-state index contributed by atoms with van der Waals surface area (Å²) < 4.78 is 33.0. The van der Waals surface area contributed by atoms with Crippen LogP contribution in [0.15, 0.2) is 24.3 Å². The van der Waals surface area contributed by atoms with Crippen LogP contribution in [-0.2, 0) is 27.9 Å². The van der Waals surface area contributed by atoms with Crippen molar-refractivity contribution in [3.63, 3.8) is 0 Å². The number of hydrogen-bond acceptors (Lipinski definition) is 8. The average molecular weight is 649 g/mol. The number of allylic oxidation sites excluding steroid dienone is 4. The van der Waals surface area contributed by atoms with Crippen LogP contribution in [0.2, 0.25) is 0 Å². The fourth-order valence-corrected chi connectivity index (χ4v) is 5.23. The second kappa shape index (κ2) is 31.9. The van der Waals surface area contributed by atoms with Crippen LogP contribution < -0.4 is 0 Å². The van der Waals surface area contributed by atoms with Crippen molar-refractivity contribution in [1.82, 2.24) is 0 Å². The Labute approximate surface area is 268 Å². The van der Waals surface area contributed by atoms with Crippen molar-refractivity contribution >= 4 is 13.8 Å². The van der Waals surface area contributed by atoms with Gasteiger partial charge in [-0.3, -0.25) is 13.8 Å².